The monoisotopic (exact) mass is 370 g/mol. The first-order valence-corrected chi connectivity index (χ1v) is 8.59. The van der Waals surface area contributed by atoms with E-state index < -0.39 is 6.04 Å². The smallest absolute Gasteiger partial charge is 0.292 e. The molecule has 0 bridgehead atoms. The van der Waals surface area contributed by atoms with E-state index in [1.807, 2.05) is 0 Å². The first-order chi connectivity index (χ1) is 11.4. The minimum atomic E-state index is -0.427. The molecule has 3 amide bonds. The van der Waals surface area contributed by atoms with Crippen molar-refractivity contribution in [3.8, 4) is 0 Å². The van der Waals surface area contributed by atoms with E-state index in [9.17, 15) is 14.4 Å². The molecule has 3 rings (SSSR count). The second kappa shape index (κ2) is 6.70. The predicted octanol–water partition coefficient (Wildman–Crippen LogP) is 0.406. The molecule has 0 aliphatic carbocycles. The van der Waals surface area contributed by atoms with Gasteiger partial charge in [-0.3, -0.25) is 14.4 Å². The minimum absolute atomic E-state index is 0.135. The number of amides is 3. The van der Waals surface area contributed by atoms with Crippen LogP contribution in [-0.4, -0.2) is 36.9 Å². The van der Waals surface area contributed by atoms with Gasteiger partial charge in [-0.1, -0.05) is 23.2 Å². The van der Waals surface area contributed by atoms with Gasteiger partial charge in [-0.2, -0.15) is 0 Å². The molecule has 1 aromatic carbocycles. The average molecular weight is 371 g/mol. The summed E-state index contributed by atoms with van der Waals surface area (Å²) < 4.78 is 0. The summed E-state index contributed by atoms with van der Waals surface area (Å²) in [5, 5.41) is 0.743. The van der Waals surface area contributed by atoms with E-state index in [0.717, 1.165) is 9.80 Å². The van der Waals surface area contributed by atoms with Crippen LogP contribution in [0.2, 0.25) is 10.0 Å². The summed E-state index contributed by atoms with van der Waals surface area (Å²) >= 11 is 11.9. The highest BCUT2D eigenvalue weighted by atomic mass is 35.5. The molecule has 2 saturated heterocycles. The van der Waals surface area contributed by atoms with Crippen LogP contribution in [0.4, 0.5) is 5.69 Å². The SMILES string of the molecule is NC(=O)C1CC[NH+]([C@H]2CC(=O)N(c3cc(Cl)cc(Cl)c3)C2=O)CC1. The number of nitrogens with one attached hydrogen (secondary N) is 1. The van der Waals surface area contributed by atoms with E-state index in [2.05, 4.69) is 0 Å². The molecule has 0 saturated carbocycles. The molecule has 0 radical (unpaired) electrons. The number of likely N-dealkylation sites (tertiary alicyclic amines) is 1. The van der Waals surface area contributed by atoms with E-state index >= 15 is 0 Å². The first kappa shape index (κ1) is 17.2. The lowest BCUT2D eigenvalue weighted by Gasteiger charge is -2.30. The van der Waals surface area contributed by atoms with E-state index in [1.165, 1.54) is 0 Å². The first-order valence-electron chi connectivity index (χ1n) is 7.83. The number of nitrogens with zero attached hydrogens (tertiary/aromatic N) is 1. The van der Waals surface area contributed by atoms with Crippen molar-refractivity contribution in [1.82, 2.24) is 0 Å². The van der Waals surface area contributed by atoms with Crippen LogP contribution in [0.3, 0.4) is 0 Å². The maximum absolute atomic E-state index is 12.8. The molecule has 3 N–H and O–H groups in total. The second-order valence-electron chi connectivity index (χ2n) is 6.29. The van der Waals surface area contributed by atoms with Gasteiger partial charge in [-0.05, 0) is 18.2 Å². The third kappa shape index (κ3) is 3.27. The quantitative estimate of drug-likeness (QED) is 0.755. The lowest BCUT2D eigenvalue weighted by molar-refractivity contribution is -0.920. The Balaban J connectivity index is 1.76. The number of benzene rings is 1. The third-order valence-electron chi connectivity index (χ3n) is 4.78. The summed E-state index contributed by atoms with van der Waals surface area (Å²) in [7, 11) is 0. The molecular weight excluding hydrogens is 353 g/mol. The molecular formula is C16H18Cl2N3O3+. The van der Waals surface area contributed by atoms with Gasteiger partial charge in [0.05, 0.1) is 25.2 Å². The fourth-order valence-electron chi connectivity index (χ4n) is 3.51. The molecule has 1 aromatic rings. The van der Waals surface area contributed by atoms with Crippen LogP contribution in [0.15, 0.2) is 18.2 Å². The molecule has 24 heavy (non-hydrogen) atoms. The highest BCUT2D eigenvalue weighted by Gasteiger charge is 2.46. The summed E-state index contributed by atoms with van der Waals surface area (Å²) in [4.78, 5) is 38.6. The van der Waals surface area contributed by atoms with Gasteiger partial charge in [-0.15, -0.1) is 0 Å². The van der Waals surface area contributed by atoms with Crippen LogP contribution in [0, 0.1) is 5.92 Å². The highest BCUT2D eigenvalue weighted by Crippen LogP contribution is 2.29. The number of nitrogens with two attached hydrogens (primary N) is 1. The number of carbonyl (C=O) groups excluding carboxylic acids is 3. The molecule has 2 aliphatic rings. The minimum Gasteiger partial charge on any atom is -0.369 e. The van der Waals surface area contributed by atoms with Crippen molar-refractivity contribution in [2.45, 2.75) is 25.3 Å². The molecule has 0 aromatic heterocycles. The van der Waals surface area contributed by atoms with Gasteiger partial charge in [0.25, 0.3) is 5.91 Å². The Morgan fingerprint density at radius 1 is 1.12 bits per heavy atom. The molecule has 1 atom stereocenters. The largest absolute Gasteiger partial charge is 0.369 e. The van der Waals surface area contributed by atoms with Gasteiger partial charge in [-0.25, -0.2) is 4.90 Å². The zero-order chi connectivity index (χ0) is 17.4. The Hall–Kier alpha value is -1.63. The van der Waals surface area contributed by atoms with Crippen molar-refractivity contribution >= 4 is 46.6 Å². The normalized spacial score (nSPS) is 27.6. The number of anilines is 1. The Morgan fingerprint density at radius 3 is 2.25 bits per heavy atom. The van der Waals surface area contributed by atoms with E-state index in [0.29, 0.717) is 41.7 Å². The van der Waals surface area contributed by atoms with Crippen LogP contribution < -0.4 is 15.5 Å². The number of rotatable bonds is 3. The number of primary amides is 1. The third-order valence-corrected chi connectivity index (χ3v) is 5.21. The van der Waals surface area contributed by atoms with E-state index in [1.54, 1.807) is 18.2 Å². The Labute approximate surface area is 149 Å². The maximum atomic E-state index is 12.8. The zero-order valence-electron chi connectivity index (χ0n) is 12.9. The number of imide groups is 1. The number of hydrogen-bond acceptors (Lipinski definition) is 3. The van der Waals surface area contributed by atoms with Crippen LogP contribution >= 0.6 is 23.2 Å². The molecule has 128 valence electrons. The Kier molecular flexibility index (Phi) is 4.80. The summed E-state index contributed by atoms with van der Waals surface area (Å²) in [5.74, 6) is -0.930. The van der Waals surface area contributed by atoms with E-state index in [4.69, 9.17) is 28.9 Å². The number of hydrogen-bond donors (Lipinski definition) is 2. The zero-order valence-corrected chi connectivity index (χ0v) is 14.4. The standard InChI is InChI=1S/C16H17Cl2N3O3/c17-10-5-11(18)7-12(6-10)21-14(22)8-13(16(21)24)20-3-1-9(2-4-20)15(19)23/h5-7,9,13H,1-4,8H2,(H2,19,23)/p+1/t13-/m0/s1. The number of halogens is 2. The van der Waals surface area contributed by atoms with Crippen LogP contribution in [0.5, 0.6) is 0 Å². The number of carbonyl (C=O) groups is 3. The fraction of sp³-hybridized carbons (Fsp3) is 0.438. The van der Waals surface area contributed by atoms with Gasteiger partial charge >= 0.3 is 0 Å². The van der Waals surface area contributed by atoms with Gasteiger partial charge in [0.15, 0.2) is 6.04 Å². The van der Waals surface area contributed by atoms with Crippen molar-refractivity contribution in [3.05, 3.63) is 28.2 Å². The predicted molar refractivity (Wildman–Crippen MR) is 90.0 cm³/mol. The molecule has 0 spiro atoms. The number of quaternary nitrogens is 1. The van der Waals surface area contributed by atoms with E-state index in [-0.39, 0.29) is 30.1 Å². The number of piperidine rings is 1. The second-order valence-corrected chi connectivity index (χ2v) is 7.16. The van der Waals surface area contributed by atoms with Gasteiger partial charge in [0.2, 0.25) is 11.8 Å². The molecule has 2 aliphatic heterocycles. The van der Waals surface area contributed by atoms with Crippen molar-refractivity contribution in [1.29, 1.82) is 0 Å². The van der Waals surface area contributed by atoms with Crippen molar-refractivity contribution in [2.24, 2.45) is 11.7 Å². The van der Waals surface area contributed by atoms with Crippen molar-refractivity contribution in [2.75, 3.05) is 18.0 Å². The molecule has 6 nitrogen and oxygen atoms in total. The highest BCUT2D eigenvalue weighted by molar-refractivity contribution is 6.35. The van der Waals surface area contributed by atoms with Crippen LogP contribution in [0.25, 0.3) is 0 Å². The molecule has 2 heterocycles. The lowest BCUT2D eigenvalue weighted by Crippen LogP contribution is -3.17. The maximum Gasteiger partial charge on any atom is 0.292 e. The topological polar surface area (TPSA) is 84.9 Å². The summed E-state index contributed by atoms with van der Waals surface area (Å²) in [6, 6.07) is 4.24. The van der Waals surface area contributed by atoms with Gasteiger partial charge in [0.1, 0.15) is 0 Å². The van der Waals surface area contributed by atoms with Crippen LogP contribution in [0.1, 0.15) is 19.3 Å². The van der Waals surface area contributed by atoms with Crippen molar-refractivity contribution in [3.63, 3.8) is 0 Å². The summed E-state index contributed by atoms with van der Waals surface area (Å²) in [6.07, 6.45) is 1.44. The average Bonchev–Trinajstić information content (AvgIpc) is 2.81. The molecule has 0 unspecified atom stereocenters. The Morgan fingerprint density at radius 2 is 1.71 bits per heavy atom. The van der Waals surface area contributed by atoms with Crippen molar-refractivity contribution < 1.29 is 19.3 Å². The molecule has 8 heteroatoms. The summed E-state index contributed by atoms with van der Waals surface area (Å²) in [5.41, 5.74) is 5.74. The van der Waals surface area contributed by atoms with Gasteiger partial charge in [0, 0.05) is 28.8 Å². The Bertz CT molecular complexity index is 682. The molecule has 2 fully saturated rings. The van der Waals surface area contributed by atoms with Crippen LogP contribution in [-0.2, 0) is 14.4 Å². The van der Waals surface area contributed by atoms with Gasteiger partial charge < -0.3 is 10.6 Å². The lowest BCUT2D eigenvalue weighted by atomic mass is 9.95. The fourth-order valence-corrected chi connectivity index (χ4v) is 4.03. The summed E-state index contributed by atoms with van der Waals surface area (Å²) in [6.45, 7) is 1.31.